The van der Waals surface area contributed by atoms with Crippen LogP contribution in [0.3, 0.4) is 0 Å². The topological polar surface area (TPSA) is 56.7 Å². The van der Waals surface area contributed by atoms with Crippen molar-refractivity contribution in [2.75, 3.05) is 6.54 Å². The van der Waals surface area contributed by atoms with E-state index in [1.807, 2.05) is 4.68 Å². The van der Waals surface area contributed by atoms with Gasteiger partial charge in [0.1, 0.15) is 12.2 Å². The minimum atomic E-state index is 0.316. The number of nitrogens with two attached hydrogens (primary N) is 1. The number of hydrogen-bond acceptors (Lipinski definition) is 3. The largest absolute Gasteiger partial charge is 0.330 e. The van der Waals surface area contributed by atoms with Crippen LogP contribution >= 0.6 is 0 Å². The number of aryl methyl sites for hydroxylation is 2. The molecule has 0 amide bonds. The fraction of sp³-hybridized carbons (Fsp3) is 0.846. The second-order valence-electron chi connectivity index (χ2n) is 5.67. The molecule has 0 saturated heterocycles. The Morgan fingerprint density at radius 1 is 1.35 bits per heavy atom. The lowest BCUT2D eigenvalue weighted by Gasteiger charge is -2.30. The van der Waals surface area contributed by atoms with Crippen LogP contribution in [0.15, 0.2) is 6.33 Å². The Kier molecular flexibility index (Phi) is 5.12. The summed E-state index contributed by atoms with van der Waals surface area (Å²) in [5, 5.41) is 4.20. The van der Waals surface area contributed by atoms with Gasteiger partial charge in [0.2, 0.25) is 0 Å². The summed E-state index contributed by atoms with van der Waals surface area (Å²) < 4.78 is 1.97. The average Bonchev–Trinajstić information content (AvgIpc) is 2.69. The minimum Gasteiger partial charge on any atom is -0.330 e. The van der Waals surface area contributed by atoms with Gasteiger partial charge in [0.05, 0.1) is 0 Å². The van der Waals surface area contributed by atoms with Crippen molar-refractivity contribution in [3.63, 3.8) is 0 Å². The first-order valence-electron chi connectivity index (χ1n) is 6.55. The van der Waals surface area contributed by atoms with Crippen molar-refractivity contribution in [1.82, 2.24) is 14.8 Å². The fourth-order valence-corrected chi connectivity index (χ4v) is 2.26. The first-order chi connectivity index (χ1) is 7.99. The molecule has 1 unspecified atom stereocenters. The zero-order valence-corrected chi connectivity index (χ0v) is 11.6. The van der Waals surface area contributed by atoms with E-state index in [4.69, 9.17) is 5.73 Å². The van der Waals surface area contributed by atoms with Crippen molar-refractivity contribution in [1.29, 1.82) is 0 Å². The fourth-order valence-electron chi connectivity index (χ4n) is 2.26. The Balaban J connectivity index is 2.58. The van der Waals surface area contributed by atoms with Crippen molar-refractivity contribution >= 4 is 0 Å². The molecule has 0 bridgehead atoms. The molecule has 1 heterocycles. The van der Waals surface area contributed by atoms with Gasteiger partial charge in [-0.1, -0.05) is 20.8 Å². The number of hydrogen-bond donors (Lipinski definition) is 1. The molecule has 1 aromatic heterocycles. The van der Waals surface area contributed by atoms with E-state index < -0.39 is 0 Å². The van der Waals surface area contributed by atoms with Gasteiger partial charge in [-0.25, -0.2) is 4.98 Å². The molecule has 0 spiro atoms. The maximum atomic E-state index is 5.70. The molecular weight excluding hydrogens is 212 g/mol. The summed E-state index contributed by atoms with van der Waals surface area (Å²) in [5.41, 5.74) is 6.01. The Morgan fingerprint density at radius 3 is 2.59 bits per heavy atom. The molecule has 0 aliphatic carbocycles. The molecule has 1 rings (SSSR count). The maximum Gasteiger partial charge on any atom is 0.138 e. The van der Waals surface area contributed by atoms with Crippen LogP contribution in [-0.2, 0) is 13.0 Å². The van der Waals surface area contributed by atoms with Crippen LogP contribution < -0.4 is 5.73 Å². The van der Waals surface area contributed by atoms with E-state index >= 15 is 0 Å². The molecule has 0 saturated carbocycles. The summed E-state index contributed by atoms with van der Waals surface area (Å²) in [6.45, 7) is 10.6. The summed E-state index contributed by atoms with van der Waals surface area (Å²) in [4.78, 5) is 4.32. The smallest absolute Gasteiger partial charge is 0.138 e. The zero-order chi connectivity index (χ0) is 12.9. The molecular formula is C13H26N4. The zero-order valence-electron chi connectivity index (χ0n) is 11.6. The summed E-state index contributed by atoms with van der Waals surface area (Å²) >= 11 is 0. The molecule has 2 N–H and O–H groups in total. The SMILES string of the molecule is CCn1ncnc1CCC(CCN)C(C)(C)C. The van der Waals surface area contributed by atoms with E-state index in [9.17, 15) is 0 Å². The van der Waals surface area contributed by atoms with E-state index in [1.165, 1.54) is 0 Å². The van der Waals surface area contributed by atoms with Gasteiger partial charge in [0.15, 0.2) is 0 Å². The van der Waals surface area contributed by atoms with E-state index in [-0.39, 0.29) is 0 Å². The lowest BCUT2D eigenvalue weighted by Crippen LogP contribution is -2.24. The predicted octanol–water partition coefficient (Wildman–Crippen LogP) is 2.24. The van der Waals surface area contributed by atoms with Crippen LogP contribution in [0.25, 0.3) is 0 Å². The summed E-state index contributed by atoms with van der Waals surface area (Å²) in [6.07, 6.45) is 4.87. The second kappa shape index (κ2) is 6.15. The number of rotatable bonds is 6. The molecule has 0 fully saturated rings. The maximum absolute atomic E-state index is 5.70. The average molecular weight is 238 g/mol. The van der Waals surface area contributed by atoms with Crippen LogP contribution in [0.5, 0.6) is 0 Å². The van der Waals surface area contributed by atoms with E-state index in [0.29, 0.717) is 11.3 Å². The van der Waals surface area contributed by atoms with Gasteiger partial charge >= 0.3 is 0 Å². The quantitative estimate of drug-likeness (QED) is 0.827. The van der Waals surface area contributed by atoms with Gasteiger partial charge in [-0.05, 0) is 37.6 Å². The molecule has 4 heteroatoms. The molecule has 0 aliphatic heterocycles. The second-order valence-corrected chi connectivity index (χ2v) is 5.67. The van der Waals surface area contributed by atoms with E-state index in [1.54, 1.807) is 6.33 Å². The monoisotopic (exact) mass is 238 g/mol. The van der Waals surface area contributed by atoms with Crippen molar-refractivity contribution in [3.05, 3.63) is 12.2 Å². The van der Waals surface area contributed by atoms with Gasteiger partial charge in [0.25, 0.3) is 0 Å². The normalized spacial score (nSPS) is 13.9. The lowest BCUT2D eigenvalue weighted by molar-refractivity contribution is 0.213. The van der Waals surface area contributed by atoms with Crippen LogP contribution in [0.2, 0.25) is 0 Å². The number of nitrogens with zero attached hydrogens (tertiary/aromatic N) is 3. The molecule has 4 nitrogen and oxygen atoms in total. The van der Waals surface area contributed by atoms with Gasteiger partial charge in [-0.3, -0.25) is 4.68 Å². The van der Waals surface area contributed by atoms with Crippen LogP contribution in [0.1, 0.15) is 46.4 Å². The molecule has 98 valence electrons. The van der Waals surface area contributed by atoms with Gasteiger partial charge in [0, 0.05) is 13.0 Å². The first-order valence-corrected chi connectivity index (χ1v) is 6.55. The third kappa shape index (κ3) is 4.11. The van der Waals surface area contributed by atoms with Crippen LogP contribution in [0.4, 0.5) is 0 Å². The summed E-state index contributed by atoms with van der Waals surface area (Å²) in [6, 6.07) is 0. The lowest BCUT2D eigenvalue weighted by atomic mass is 9.76. The highest BCUT2D eigenvalue weighted by molar-refractivity contribution is 4.87. The summed E-state index contributed by atoms with van der Waals surface area (Å²) in [5.74, 6) is 1.74. The third-order valence-electron chi connectivity index (χ3n) is 3.45. The Bertz CT molecular complexity index is 324. The Labute approximate surface area is 105 Å². The van der Waals surface area contributed by atoms with Crippen molar-refractivity contribution in [2.45, 2.75) is 53.5 Å². The van der Waals surface area contributed by atoms with E-state index in [0.717, 1.165) is 38.2 Å². The highest BCUT2D eigenvalue weighted by Crippen LogP contribution is 2.31. The Hall–Kier alpha value is -0.900. The molecule has 1 aromatic rings. The standard InChI is InChI=1S/C13H26N4/c1-5-17-12(15-10-16-17)7-6-11(8-9-14)13(2,3)4/h10-11H,5-9,14H2,1-4H3. The molecule has 1 atom stereocenters. The van der Waals surface area contributed by atoms with Crippen molar-refractivity contribution in [2.24, 2.45) is 17.1 Å². The van der Waals surface area contributed by atoms with Gasteiger partial charge in [-0.15, -0.1) is 0 Å². The highest BCUT2D eigenvalue weighted by atomic mass is 15.3. The molecule has 0 aromatic carbocycles. The molecule has 0 aliphatic rings. The molecule has 0 radical (unpaired) electrons. The van der Waals surface area contributed by atoms with Crippen molar-refractivity contribution in [3.8, 4) is 0 Å². The molecule has 17 heavy (non-hydrogen) atoms. The number of aromatic nitrogens is 3. The van der Waals surface area contributed by atoms with Gasteiger partial charge < -0.3 is 5.73 Å². The highest BCUT2D eigenvalue weighted by Gasteiger charge is 2.24. The van der Waals surface area contributed by atoms with Crippen LogP contribution in [0, 0.1) is 11.3 Å². The Morgan fingerprint density at radius 2 is 2.06 bits per heavy atom. The van der Waals surface area contributed by atoms with Crippen LogP contribution in [-0.4, -0.2) is 21.3 Å². The minimum absolute atomic E-state index is 0.316. The van der Waals surface area contributed by atoms with E-state index in [2.05, 4.69) is 37.8 Å². The summed E-state index contributed by atoms with van der Waals surface area (Å²) in [7, 11) is 0. The van der Waals surface area contributed by atoms with Crippen molar-refractivity contribution < 1.29 is 0 Å². The van der Waals surface area contributed by atoms with Gasteiger partial charge in [-0.2, -0.15) is 5.10 Å². The third-order valence-corrected chi connectivity index (χ3v) is 3.45. The first kappa shape index (κ1) is 14.2. The predicted molar refractivity (Wildman–Crippen MR) is 70.6 cm³/mol.